The topological polar surface area (TPSA) is 0 Å². The number of hydrogen-bond acceptors (Lipinski definition) is 0. The van der Waals surface area contributed by atoms with E-state index in [1.54, 1.807) is 5.57 Å². The van der Waals surface area contributed by atoms with Crippen LogP contribution in [0.4, 0.5) is 0 Å². The Balaban J connectivity index is 4.18. The summed E-state index contributed by atoms with van der Waals surface area (Å²) in [6.45, 7) is 13.9. The van der Waals surface area contributed by atoms with Gasteiger partial charge in [-0.15, -0.1) is 0 Å². The van der Waals surface area contributed by atoms with E-state index in [0.29, 0.717) is 5.41 Å². The van der Waals surface area contributed by atoms with Crippen molar-refractivity contribution in [2.75, 3.05) is 0 Å². The molecule has 0 bridgehead atoms. The van der Waals surface area contributed by atoms with Gasteiger partial charge in [0.15, 0.2) is 0 Å². The zero-order chi connectivity index (χ0) is 11.2. The van der Waals surface area contributed by atoms with E-state index >= 15 is 0 Å². The van der Waals surface area contributed by atoms with Crippen LogP contribution in [0, 0.1) is 11.3 Å². The SMILES string of the molecule is CCCCC(C)(C)C(C)=CCC(C)C. The van der Waals surface area contributed by atoms with Crippen LogP contribution >= 0.6 is 0 Å². The van der Waals surface area contributed by atoms with E-state index < -0.39 is 0 Å². The van der Waals surface area contributed by atoms with Crippen LogP contribution in [-0.4, -0.2) is 0 Å². The summed E-state index contributed by atoms with van der Waals surface area (Å²) in [5, 5.41) is 0. The molecule has 0 aromatic rings. The summed E-state index contributed by atoms with van der Waals surface area (Å²) in [5.41, 5.74) is 1.98. The summed E-state index contributed by atoms with van der Waals surface area (Å²) in [5.74, 6) is 0.784. The number of rotatable bonds is 6. The van der Waals surface area contributed by atoms with Crippen LogP contribution in [0.3, 0.4) is 0 Å². The van der Waals surface area contributed by atoms with Gasteiger partial charge < -0.3 is 0 Å². The predicted molar refractivity (Wildman–Crippen MR) is 66.5 cm³/mol. The number of unbranched alkanes of at least 4 members (excludes halogenated alkanes) is 1. The van der Waals surface area contributed by atoms with Crippen molar-refractivity contribution in [3.8, 4) is 0 Å². The maximum Gasteiger partial charge on any atom is -0.0147 e. The average molecular weight is 196 g/mol. The third-order valence-electron chi connectivity index (χ3n) is 3.12. The first kappa shape index (κ1) is 13.7. The fourth-order valence-corrected chi connectivity index (χ4v) is 1.50. The van der Waals surface area contributed by atoms with Crippen molar-refractivity contribution in [3.63, 3.8) is 0 Å². The first-order chi connectivity index (χ1) is 6.40. The monoisotopic (exact) mass is 196 g/mol. The zero-order valence-electron chi connectivity index (χ0n) is 11.0. The molecule has 0 heterocycles. The summed E-state index contributed by atoms with van der Waals surface area (Å²) in [6.07, 6.45) is 7.63. The van der Waals surface area contributed by atoms with E-state index in [2.05, 4.69) is 47.6 Å². The molecule has 0 nitrogen and oxygen atoms in total. The van der Waals surface area contributed by atoms with Crippen molar-refractivity contribution >= 4 is 0 Å². The quantitative estimate of drug-likeness (QED) is 0.512. The predicted octanol–water partition coefficient (Wildman–Crippen LogP) is 5.20. The molecule has 0 aromatic carbocycles. The Morgan fingerprint density at radius 1 is 1.29 bits per heavy atom. The van der Waals surface area contributed by atoms with Gasteiger partial charge in [0, 0.05) is 0 Å². The molecule has 0 heteroatoms. The second kappa shape index (κ2) is 6.27. The van der Waals surface area contributed by atoms with Crippen molar-refractivity contribution in [1.82, 2.24) is 0 Å². The molecule has 0 saturated heterocycles. The van der Waals surface area contributed by atoms with Gasteiger partial charge in [-0.25, -0.2) is 0 Å². The lowest BCUT2D eigenvalue weighted by molar-refractivity contribution is 0.389. The molecule has 0 fully saturated rings. The average Bonchev–Trinajstić information content (AvgIpc) is 2.10. The summed E-state index contributed by atoms with van der Waals surface area (Å²) in [7, 11) is 0. The maximum atomic E-state index is 2.43. The molecule has 84 valence electrons. The molecule has 0 radical (unpaired) electrons. The molecule has 0 aliphatic heterocycles. The van der Waals surface area contributed by atoms with Gasteiger partial charge in [0.1, 0.15) is 0 Å². The minimum Gasteiger partial charge on any atom is -0.0848 e. The van der Waals surface area contributed by atoms with Gasteiger partial charge in [-0.2, -0.15) is 0 Å². The number of hydrogen-bond donors (Lipinski definition) is 0. The molecule has 0 amide bonds. The maximum absolute atomic E-state index is 2.43. The van der Waals surface area contributed by atoms with E-state index in [4.69, 9.17) is 0 Å². The summed E-state index contributed by atoms with van der Waals surface area (Å²) in [4.78, 5) is 0. The first-order valence-electron chi connectivity index (χ1n) is 6.07. The second-order valence-corrected chi connectivity index (χ2v) is 5.50. The Labute approximate surface area is 90.8 Å². The van der Waals surface area contributed by atoms with Crippen LogP contribution in [0.1, 0.15) is 67.2 Å². The number of allylic oxidation sites excluding steroid dienone is 2. The highest BCUT2D eigenvalue weighted by Crippen LogP contribution is 2.32. The van der Waals surface area contributed by atoms with Crippen molar-refractivity contribution < 1.29 is 0 Å². The first-order valence-corrected chi connectivity index (χ1v) is 6.07. The molecule has 0 aliphatic carbocycles. The lowest BCUT2D eigenvalue weighted by Crippen LogP contribution is -2.13. The van der Waals surface area contributed by atoms with Crippen LogP contribution in [0.25, 0.3) is 0 Å². The van der Waals surface area contributed by atoms with Gasteiger partial charge >= 0.3 is 0 Å². The van der Waals surface area contributed by atoms with Gasteiger partial charge in [0.2, 0.25) is 0 Å². The summed E-state index contributed by atoms with van der Waals surface area (Å²) >= 11 is 0. The molecule has 0 aliphatic rings. The summed E-state index contributed by atoms with van der Waals surface area (Å²) < 4.78 is 0. The molecule has 0 unspecified atom stereocenters. The molecular weight excluding hydrogens is 168 g/mol. The summed E-state index contributed by atoms with van der Waals surface area (Å²) in [6, 6.07) is 0. The minimum absolute atomic E-state index is 0.408. The normalized spacial score (nSPS) is 13.8. The van der Waals surface area contributed by atoms with E-state index in [0.717, 1.165) is 5.92 Å². The molecule has 0 saturated carbocycles. The van der Waals surface area contributed by atoms with E-state index in [1.807, 2.05) is 0 Å². The molecule has 14 heavy (non-hydrogen) atoms. The van der Waals surface area contributed by atoms with Gasteiger partial charge in [0.25, 0.3) is 0 Å². The highest BCUT2D eigenvalue weighted by Gasteiger charge is 2.18. The third kappa shape index (κ3) is 5.47. The van der Waals surface area contributed by atoms with Gasteiger partial charge in [-0.1, -0.05) is 59.1 Å². The Hall–Kier alpha value is -0.260. The van der Waals surface area contributed by atoms with Gasteiger partial charge in [0.05, 0.1) is 0 Å². The van der Waals surface area contributed by atoms with E-state index in [9.17, 15) is 0 Å². The molecule has 0 rings (SSSR count). The Morgan fingerprint density at radius 2 is 1.86 bits per heavy atom. The van der Waals surface area contributed by atoms with Crippen LogP contribution in [0.2, 0.25) is 0 Å². The van der Waals surface area contributed by atoms with Crippen molar-refractivity contribution in [2.24, 2.45) is 11.3 Å². The highest BCUT2D eigenvalue weighted by molar-refractivity contribution is 5.09. The lowest BCUT2D eigenvalue weighted by Gasteiger charge is -2.26. The smallest absolute Gasteiger partial charge is 0.0147 e. The molecular formula is C14H28. The van der Waals surface area contributed by atoms with Gasteiger partial charge in [-0.3, -0.25) is 0 Å². The minimum atomic E-state index is 0.408. The molecule has 0 atom stereocenters. The standard InChI is InChI=1S/C14H28/c1-7-8-11-14(5,6)13(4)10-9-12(2)3/h10,12H,7-9,11H2,1-6H3. The van der Waals surface area contributed by atoms with Gasteiger partial charge in [-0.05, 0) is 31.1 Å². The fraction of sp³-hybridized carbons (Fsp3) is 0.857. The molecule has 0 spiro atoms. The molecule has 0 N–H and O–H groups in total. The third-order valence-corrected chi connectivity index (χ3v) is 3.12. The Morgan fingerprint density at radius 3 is 2.29 bits per heavy atom. The fourth-order valence-electron chi connectivity index (χ4n) is 1.50. The van der Waals surface area contributed by atoms with E-state index in [1.165, 1.54) is 25.7 Å². The largest absolute Gasteiger partial charge is 0.0848 e. The Bertz CT molecular complexity index is 172. The van der Waals surface area contributed by atoms with Crippen molar-refractivity contribution in [1.29, 1.82) is 0 Å². The Kier molecular flexibility index (Phi) is 6.15. The second-order valence-electron chi connectivity index (χ2n) is 5.50. The lowest BCUT2D eigenvalue weighted by atomic mass is 9.80. The van der Waals surface area contributed by atoms with Crippen LogP contribution in [-0.2, 0) is 0 Å². The zero-order valence-corrected chi connectivity index (χ0v) is 11.0. The highest BCUT2D eigenvalue weighted by atomic mass is 14.2. The van der Waals surface area contributed by atoms with Crippen molar-refractivity contribution in [2.45, 2.75) is 67.2 Å². The van der Waals surface area contributed by atoms with Crippen LogP contribution in [0.5, 0.6) is 0 Å². The van der Waals surface area contributed by atoms with E-state index in [-0.39, 0.29) is 0 Å². The van der Waals surface area contributed by atoms with Crippen molar-refractivity contribution in [3.05, 3.63) is 11.6 Å². The van der Waals surface area contributed by atoms with Crippen LogP contribution in [0.15, 0.2) is 11.6 Å². The van der Waals surface area contributed by atoms with Crippen LogP contribution < -0.4 is 0 Å². The molecule has 0 aromatic heterocycles.